The molecule has 0 saturated heterocycles. The lowest BCUT2D eigenvalue weighted by molar-refractivity contribution is -0.141. The SMILES string of the molecule is COC(=O)C1=C(C)CCC[C@@]1(C)CC(OC)OC. The van der Waals surface area contributed by atoms with Crippen molar-refractivity contribution in [1.29, 1.82) is 0 Å². The Hall–Kier alpha value is -0.870. The zero-order valence-electron chi connectivity index (χ0n) is 12.0. The predicted octanol–water partition coefficient (Wildman–Crippen LogP) is 2.68. The minimum atomic E-state index is -0.291. The first-order chi connectivity index (χ1) is 8.48. The van der Waals surface area contributed by atoms with Gasteiger partial charge in [0.15, 0.2) is 6.29 Å². The standard InChI is InChI=1S/C14H24O4/c1-10-7-6-8-14(2,9-11(16-3)17-4)12(10)13(15)18-5/h11H,6-9H2,1-5H3/t14-/m0/s1. The third-order valence-corrected chi connectivity index (χ3v) is 3.84. The lowest BCUT2D eigenvalue weighted by Gasteiger charge is -2.37. The number of hydrogen-bond donors (Lipinski definition) is 0. The molecule has 1 rings (SSSR count). The predicted molar refractivity (Wildman–Crippen MR) is 69.1 cm³/mol. The normalized spacial score (nSPS) is 24.6. The molecule has 1 aliphatic carbocycles. The molecule has 1 aliphatic rings. The van der Waals surface area contributed by atoms with Crippen molar-refractivity contribution in [3.8, 4) is 0 Å². The van der Waals surface area contributed by atoms with Crippen molar-refractivity contribution in [3.63, 3.8) is 0 Å². The highest BCUT2D eigenvalue weighted by atomic mass is 16.7. The Morgan fingerprint density at radius 3 is 2.44 bits per heavy atom. The fraction of sp³-hybridized carbons (Fsp3) is 0.786. The van der Waals surface area contributed by atoms with Crippen LogP contribution in [0.25, 0.3) is 0 Å². The summed E-state index contributed by atoms with van der Waals surface area (Å²) in [5.41, 5.74) is 1.70. The van der Waals surface area contributed by atoms with Gasteiger partial charge in [0.25, 0.3) is 0 Å². The Balaban J connectivity index is 3.02. The molecule has 0 radical (unpaired) electrons. The molecule has 0 aliphatic heterocycles. The molecule has 0 amide bonds. The number of esters is 1. The molecule has 0 bridgehead atoms. The summed E-state index contributed by atoms with van der Waals surface area (Å²) in [6.07, 6.45) is 3.38. The second-order valence-corrected chi connectivity index (χ2v) is 5.17. The summed E-state index contributed by atoms with van der Waals surface area (Å²) in [4.78, 5) is 12.0. The molecule has 0 N–H and O–H groups in total. The molecule has 0 aromatic heterocycles. The zero-order valence-corrected chi connectivity index (χ0v) is 12.0. The fourth-order valence-electron chi connectivity index (χ4n) is 2.87. The highest BCUT2D eigenvalue weighted by Gasteiger charge is 2.39. The number of rotatable bonds is 5. The van der Waals surface area contributed by atoms with Crippen molar-refractivity contribution in [3.05, 3.63) is 11.1 Å². The number of ether oxygens (including phenoxy) is 3. The first kappa shape index (κ1) is 15.2. The number of carbonyl (C=O) groups is 1. The van der Waals surface area contributed by atoms with Crippen molar-refractivity contribution < 1.29 is 19.0 Å². The van der Waals surface area contributed by atoms with Crippen molar-refractivity contribution in [2.24, 2.45) is 5.41 Å². The lowest BCUT2D eigenvalue weighted by Crippen LogP contribution is -2.34. The van der Waals surface area contributed by atoms with Gasteiger partial charge in [-0.25, -0.2) is 4.79 Å². The van der Waals surface area contributed by atoms with E-state index in [2.05, 4.69) is 6.92 Å². The van der Waals surface area contributed by atoms with E-state index in [1.54, 1.807) is 14.2 Å². The molecule has 0 aromatic rings. The Kier molecular flexibility index (Phi) is 5.35. The van der Waals surface area contributed by atoms with Crippen LogP contribution in [0.1, 0.15) is 39.5 Å². The van der Waals surface area contributed by atoms with Crippen molar-refractivity contribution >= 4 is 5.97 Å². The van der Waals surface area contributed by atoms with Crippen molar-refractivity contribution in [1.82, 2.24) is 0 Å². The molecule has 0 unspecified atom stereocenters. The maximum absolute atomic E-state index is 12.0. The van der Waals surface area contributed by atoms with Gasteiger partial charge in [0.05, 0.1) is 7.11 Å². The topological polar surface area (TPSA) is 44.8 Å². The molecular formula is C14H24O4. The van der Waals surface area contributed by atoms with Gasteiger partial charge in [0.1, 0.15) is 0 Å². The quantitative estimate of drug-likeness (QED) is 0.560. The molecular weight excluding hydrogens is 232 g/mol. The molecule has 0 heterocycles. The number of allylic oxidation sites excluding steroid dienone is 1. The summed E-state index contributed by atoms with van der Waals surface area (Å²) >= 11 is 0. The van der Waals surface area contributed by atoms with Crippen LogP contribution in [-0.2, 0) is 19.0 Å². The summed E-state index contributed by atoms with van der Waals surface area (Å²) in [5, 5.41) is 0. The molecule has 0 saturated carbocycles. The van der Waals surface area contributed by atoms with E-state index < -0.39 is 0 Å². The minimum absolute atomic E-state index is 0.222. The van der Waals surface area contributed by atoms with E-state index >= 15 is 0 Å². The van der Waals surface area contributed by atoms with Crippen LogP contribution in [0.5, 0.6) is 0 Å². The van der Waals surface area contributed by atoms with Gasteiger partial charge in [-0.3, -0.25) is 0 Å². The van der Waals surface area contributed by atoms with Gasteiger partial charge in [-0.2, -0.15) is 0 Å². The summed E-state index contributed by atoms with van der Waals surface area (Å²) in [7, 11) is 4.67. The van der Waals surface area contributed by atoms with Crippen LogP contribution >= 0.6 is 0 Å². The molecule has 1 atom stereocenters. The van der Waals surface area contributed by atoms with Gasteiger partial charge >= 0.3 is 5.97 Å². The van der Waals surface area contributed by atoms with E-state index in [-0.39, 0.29) is 17.7 Å². The summed E-state index contributed by atoms with van der Waals surface area (Å²) < 4.78 is 15.5. The summed E-state index contributed by atoms with van der Waals surface area (Å²) in [6, 6.07) is 0. The second-order valence-electron chi connectivity index (χ2n) is 5.17. The van der Waals surface area contributed by atoms with E-state index in [1.165, 1.54) is 7.11 Å². The maximum Gasteiger partial charge on any atom is 0.334 e. The average molecular weight is 256 g/mol. The molecule has 0 aromatic carbocycles. The van der Waals surface area contributed by atoms with Gasteiger partial charge in [-0.15, -0.1) is 0 Å². The van der Waals surface area contributed by atoms with Gasteiger partial charge in [0.2, 0.25) is 0 Å². The first-order valence-electron chi connectivity index (χ1n) is 6.32. The van der Waals surface area contributed by atoms with Crippen LogP contribution in [0, 0.1) is 5.41 Å². The minimum Gasteiger partial charge on any atom is -0.466 e. The smallest absolute Gasteiger partial charge is 0.334 e. The van der Waals surface area contributed by atoms with E-state index in [0.717, 1.165) is 30.4 Å². The van der Waals surface area contributed by atoms with Gasteiger partial charge in [-0.05, 0) is 26.2 Å². The molecule has 0 spiro atoms. The van der Waals surface area contributed by atoms with Gasteiger partial charge < -0.3 is 14.2 Å². The van der Waals surface area contributed by atoms with Crippen molar-refractivity contribution in [2.45, 2.75) is 45.8 Å². The monoisotopic (exact) mass is 256 g/mol. The Bertz CT molecular complexity index is 331. The highest BCUT2D eigenvalue weighted by Crippen LogP contribution is 2.44. The van der Waals surface area contributed by atoms with Crippen LogP contribution in [0.15, 0.2) is 11.1 Å². The molecule has 0 fully saturated rings. The van der Waals surface area contributed by atoms with E-state index in [9.17, 15) is 4.79 Å². The van der Waals surface area contributed by atoms with Crippen molar-refractivity contribution in [2.75, 3.05) is 21.3 Å². The van der Waals surface area contributed by atoms with Gasteiger partial charge in [-0.1, -0.05) is 12.5 Å². The number of carbonyl (C=O) groups excluding carboxylic acids is 1. The Morgan fingerprint density at radius 2 is 1.94 bits per heavy atom. The average Bonchev–Trinajstić information content (AvgIpc) is 2.35. The number of methoxy groups -OCH3 is 3. The van der Waals surface area contributed by atoms with E-state index in [1.807, 2.05) is 6.92 Å². The van der Waals surface area contributed by atoms with Crippen LogP contribution in [-0.4, -0.2) is 33.6 Å². The molecule has 104 valence electrons. The van der Waals surface area contributed by atoms with Crippen LogP contribution in [0.4, 0.5) is 0 Å². The molecule has 4 nitrogen and oxygen atoms in total. The second kappa shape index (κ2) is 6.34. The molecule has 18 heavy (non-hydrogen) atoms. The molecule has 4 heteroatoms. The maximum atomic E-state index is 12.0. The number of hydrogen-bond acceptors (Lipinski definition) is 4. The van der Waals surface area contributed by atoms with Crippen LogP contribution in [0.3, 0.4) is 0 Å². The van der Waals surface area contributed by atoms with Crippen LogP contribution in [0.2, 0.25) is 0 Å². The van der Waals surface area contributed by atoms with Gasteiger partial charge in [0, 0.05) is 31.6 Å². The largest absolute Gasteiger partial charge is 0.466 e. The summed E-state index contributed by atoms with van der Waals surface area (Å²) in [6.45, 7) is 4.10. The van der Waals surface area contributed by atoms with E-state index in [4.69, 9.17) is 14.2 Å². The Morgan fingerprint density at radius 1 is 1.33 bits per heavy atom. The highest BCUT2D eigenvalue weighted by molar-refractivity contribution is 5.91. The first-order valence-corrected chi connectivity index (χ1v) is 6.32. The zero-order chi connectivity index (χ0) is 13.8. The Labute approximate surface area is 109 Å². The third kappa shape index (κ3) is 3.12. The summed E-state index contributed by atoms with van der Waals surface area (Å²) in [5.74, 6) is -0.222. The fourth-order valence-corrected chi connectivity index (χ4v) is 2.87. The van der Waals surface area contributed by atoms with Crippen LogP contribution < -0.4 is 0 Å². The third-order valence-electron chi connectivity index (χ3n) is 3.84. The lowest BCUT2D eigenvalue weighted by atomic mass is 9.69. The van der Waals surface area contributed by atoms with E-state index in [0.29, 0.717) is 6.42 Å².